The van der Waals surface area contributed by atoms with Gasteiger partial charge in [-0.05, 0) is 52.2 Å². The third-order valence-corrected chi connectivity index (χ3v) is 6.58. The molecule has 0 saturated heterocycles. The van der Waals surface area contributed by atoms with E-state index >= 15 is 0 Å². The van der Waals surface area contributed by atoms with Crippen molar-refractivity contribution in [2.75, 3.05) is 6.61 Å². The number of halogens is 1. The van der Waals surface area contributed by atoms with Crippen molar-refractivity contribution in [2.24, 2.45) is 11.1 Å². The number of rotatable bonds is 7. The predicted molar refractivity (Wildman–Crippen MR) is 107 cm³/mol. The second kappa shape index (κ2) is 8.60. The molecule has 0 aromatic heterocycles. The Balaban J connectivity index is 2.34. The maximum Gasteiger partial charge on any atom is 0.265 e. The second-order valence-electron chi connectivity index (χ2n) is 6.28. The average Bonchev–Trinajstić information content (AvgIpc) is 2.59. The predicted octanol–water partition coefficient (Wildman–Crippen LogP) is 2.25. The van der Waals surface area contributed by atoms with Crippen molar-refractivity contribution in [1.29, 1.82) is 0 Å². The summed E-state index contributed by atoms with van der Waals surface area (Å²) in [6.07, 6.45) is 0. The van der Waals surface area contributed by atoms with Gasteiger partial charge in [0.1, 0.15) is 15.5 Å². The van der Waals surface area contributed by atoms with Crippen LogP contribution in [0.2, 0.25) is 0 Å². The van der Waals surface area contributed by atoms with E-state index < -0.39 is 35.7 Å². The summed E-state index contributed by atoms with van der Waals surface area (Å²) in [5.41, 5.74) is 0.0265. The highest BCUT2D eigenvalue weighted by Crippen LogP contribution is 2.27. The molecule has 3 N–H and O–H groups in total. The summed E-state index contributed by atoms with van der Waals surface area (Å²) in [4.78, 5) is 11.2. The van der Waals surface area contributed by atoms with E-state index in [2.05, 4.69) is 15.9 Å². The lowest BCUT2D eigenvalue weighted by atomic mass is 10.2. The summed E-state index contributed by atoms with van der Waals surface area (Å²) in [6, 6.07) is 9.10. The highest BCUT2D eigenvalue weighted by Gasteiger charge is 2.26. The molecule has 8 nitrogen and oxygen atoms in total. The Hall–Kier alpha value is -1.95. The van der Waals surface area contributed by atoms with E-state index in [1.807, 2.05) is 18.6 Å². The Bertz CT molecular complexity index is 1100. The van der Waals surface area contributed by atoms with E-state index in [1.165, 1.54) is 24.3 Å². The van der Waals surface area contributed by atoms with Gasteiger partial charge in [-0.3, -0.25) is 4.79 Å². The van der Waals surface area contributed by atoms with Crippen LogP contribution in [0.25, 0.3) is 0 Å². The number of hydrogen-bond donors (Lipinski definition) is 2. The van der Waals surface area contributed by atoms with Crippen LogP contribution in [0, 0.1) is 5.92 Å². The van der Waals surface area contributed by atoms with E-state index in [0.717, 1.165) is 12.1 Å². The van der Waals surface area contributed by atoms with E-state index in [-0.39, 0.29) is 11.5 Å². The van der Waals surface area contributed by atoms with Crippen LogP contribution in [-0.4, -0.2) is 29.3 Å². The van der Waals surface area contributed by atoms with Crippen molar-refractivity contribution in [3.05, 3.63) is 52.5 Å². The number of nitrogens with one attached hydrogen (secondary N) is 1. The van der Waals surface area contributed by atoms with Gasteiger partial charge in [-0.1, -0.05) is 26.0 Å². The van der Waals surface area contributed by atoms with Crippen LogP contribution in [0.4, 0.5) is 0 Å². The van der Waals surface area contributed by atoms with Gasteiger partial charge in [-0.2, -0.15) is 0 Å². The third-order valence-electron chi connectivity index (χ3n) is 3.44. The molecular formula is C17H19BrN2O6S2. The molecule has 0 bridgehead atoms. The van der Waals surface area contributed by atoms with Gasteiger partial charge in [0.15, 0.2) is 0 Å². The number of nitrogens with two attached hydrogens (primary N) is 1. The fourth-order valence-electron chi connectivity index (χ4n) is 2.15. The maximum atomic E-state index is 12.6. The second-order valence-corrected chi connectivity index (χ2v) is 10.3. The fraction of sp³-hybridized carbons (Fsp3) is 0.235. The number of ether oxygens (including phenoxy) is 1. The van der Waals surface area contributed by atoms with Crippen molar-refractivity contribution in [3.63, 3.8) is 0 Å². The summed E-state index contributed by atoms with van der Waals surface area (Å²) in [5.74, 6) is -0.311. The van der Waals surface area contributed by atoms with Crippen molar-refractivity contribution >= 4 is 41.9 Å². The van der Waals surface area contributed by atoms with Crippen molar-refractivity contribution < 1.29 is 26.4 Å². The van der Waals surface area contributed by atoms with E-state index in [1.54, 1.807) is 6.07 Å². The first kappa shape index (κ1) is 22.3. The van der Waals surface area contributed by atoms with Gasteiger partial charge in [0, 0.05) is 5.56 Å². The summed E-state index contributed by atoms with van der Waals surface area (Å²) < 4.78 is 56.5. The largest absolute Gasteiger partial charge is 0.492 e. The SMILES string of the molecule is CC(C)COc1cc(C(=O)NS(=O)(=O)c2ccccc2S(N)(=O)=O)ccc1Br. The zero-order chi connectivity index (χ0) is 21.1. The van der Waals surface area contributed by atoms with Gasteiger partial charge in [0.05, 0.1) is 11.1 Å². The van der Waals surface area contributed by atoms with E-state index in [0.29, 0.717) is 16.8 Å². The van der Waals surface area contributed by atoms with E-state index in [9.17, 15) is 21.6 Å². The summed E-state index contributed by atoms with van der Waals surface area (Å²) in [6.45, 7) is 4.32. The number of carbonyl (C=O) groups excluding carboxylic acids is 1. The third kappa shape index (κ3) is 5.53. The minimum Gasteiger partial charge on any atom is -0.492 e. The molecule has 11 heteroatoms. The molecular weight excluding hydrogens is 472 g/mol. The van der Waals surface area contributed by atoms with E-state index in [4.69, 9.17) is 9.88 Å². The minimum atomic E-state index is -4.48. The molecule has 0 radical (unpaired) electrons. The summed E-state index contributed by atoms with van der Waals surface area (Å²) >= 11 is 3.30. The lowest BCUT2D eigenvalue weighted by Crippen LogP contribution is -2.32. The molecule has 2 aromatic rings. The molecule has 0 aliphatic heterocycles. The van der Waals surface area contributed by atoms with Crippen molar-refractivity contribution in [2.45, 2.75) is 23.6 Å². The van der Waals surface area contributed by atoms with Gasteiger partial charge in [-0.15, -0.1) is 0 Å². The normalized spacial score (nSPS) is 12.0. The topological polar surface area (TPSA) is 133 Å². The molecule has 152 valence electrons. The Morgan fingerprint density at radius 3 is 2.29 bits per heavy atom. The Kier molecular flexibility index (Phi) is 6.86. The fourth-order valence-corrected chi connectivity index (χ4v) is 4.87. The number of amides is 1. The quantitative estimate of drug-likeness (QED) is 0.611. The molecule has 0 unspecified atom stereocenters. The Morgan fingerprint density at radius 1 is 1.11 bits per heavy atom. The number of hydrogen-bond acceptors (Lipinski definition) is 6. The number of sulfonamides is 2. The molecule has 2 rings (SSSR count). The minimum absolute atomic E-state index is 0.0265. The molecule has 0 aliphatic rings. The molecule has 0 aliphatic carbocycles. The molecule has 0 spiro atoms. The monoisotopic (exact) mass is 490 g/mol. The molecule has 0 atom stereocenters. The molecule has 28 heavy (non-hydrogen) atoms. The summed E-state index contributed by atoms with van der Waals surface area (Å²) in [5, 5.41) is 5.06. The highest BCUT2D eigenvalue weighted by molar-refractivity contribution is 9.10. The van der Waals surface area contributed by atoms with Crippen molar-refractivity contribution in [3.8, 4) is 5.75 Å². The van der Waals surface area contributed by atoms with Gasteiger partial charge in [0.2, 0.25) is 10.0 Å². The van der Waals surface area contributed by atoms with Crippen LogP contribution < -0.4 is 14.6 Å². The molecule has 0 saturated carbocycles. The number of benzene rings is 2. The van der Waals surface area contributed by atoms with Crippen LogP contribution in [-0.2, 0) is 20.0 Å². The average molecular weight is 491 g/mol. The van der Waals surface area contributed by atoms with Gasteiger partial charge >= 0.3 is 0 Å². The Labute approximate surface area is 172 Å². The first-order valence-corrected chi connectivity index (χ1v) is 11.9. The van der Waals surface area contributed by atoms with Crippen LogP contribution in [0.15, 0.2) is 56.7 Å². The smallest absolute Gasteiger partial charge is 0.265 e. The first-order chi connectivity index (χ1) is 12.9. The van der Waals surface area contributed by atoms with Crippen LogP contribution >= 0.6 is 15.9 Å². The maximum absolute atomic E-state index is 12.6. The summed E-state index contributed by atoms with van der Waals surface area (Å²) in [7, 11) is -8.78. The van der Waals surface area contributed by atoms with Gasteiger partial charge < -0.3 is 4.74 Å². The van der Waals surface area contributed by atoms with Crippen molar-refractivity contribution in [1.82, 2.24) is 4.72 Å². The Morgan fingerprint density at radius 2 is 1.71 bits per heavy atom. The molecule has 0 fully saturated rings. The highest BCUT2D eigenvalue weighted by atomic mass is 79.9. The van der Waals surface area contributed by atoms with Crippen LogP contribution in [0.1, 0.15) is 24.2 Å². The van der Waals surface area contributed by atoms with Gasteiger partial charge in [0.25, 0.3) is 15.9 Å². The van der Waals surface area contributed by atoms with Gasteiger partial charge in [-0.25, -0.2) is 26.7 Å². The standard InChI is InChI=1S/C17H19BrN2O6S2/c1-11(2)10-26-14-9-12(7-8-13(14)18)17(21)20-28(24,25)16-6-4-3-5-15(16)27(19,22)23/h3-9,11H,10H2,1-2H3,(H,20,21)(H2,19,22,23). The number of carbonyl (C=O) groups is 1. The van der Waals surface area contributed by atoms with Crippen LogP contribution in [0.5, 0.6) is 5.75 Å². The molecule has 2 aromatic carbocycles. The zero-order valence-corrected chi connectivity index (χ0v) is 18.3. The lowest BCUT2D eigenvalue weighted by molar-refractivity contribution is 0.0980. The number of primary sulfonamides is 1. The first-order valence-electron chi connectivity index (χ1n) is 8.03. The lowest BCUT2D eigenvalue weighted by Gasteiger charge is -2.13. The zero-order valence-electron chi connectivity index (χ0n) is 15.0. The molecule has 1 amide bonds. The van der Waals surface area contributed by atoms with Crippen LogP contribution in [0.3, 0.4) is 0 Å². The molecule has 0 heterocycles.